The summed E-state index contributed by atoms with van der Waals surface area (Å²) in [6.07, 6.45) is 2.32. The lowest BCUT2D eigenvalue weighted by Gasteiger charge is -2.17. The molecule has 0 aliphatic rings. The standard InChI is InChI=1S/C25H19ClN2O/c1-16-2-11-24-22(12-16)23(15-28-24)21(18-5-3-17(14-27)4-6-18)13-25(29)19-7-9-20(26)10-8-19/h2-12,15,21,28H,13H2,1H3. The van der Waals surface area contributed by atoms with Crippen molar-refractivity contribution in [2.24, 2.45) is 0 Å². The molecule has 0 fully saturated rings. The number of H-pyrrole nitrogens is 1. The Morgan fingerprint density at radius 1 is 1.07 bits per heavy atom. The molecule has 3 nitrogen and oxygen atoms in total. The van der Waals surface area contributed by atoms with Gasteiger partial charge >= 0.3 is 0 Å². The number of Topliss-reactive ketones (excluding diaryl/α,β-unsaturated/α-hetero) is 1. The van der Waals surface area contributed by atoms with E-state index >= 15 is 0 Å². The van der Waals surface area contributed by atoms with Crippen LogP contribution in [0, 0.1) is 18.3 Å². The third-order valence-electron chi connectivity index (χ3n) is 5.24. The molecular weight excluding hydrogens is 380 g/mol. The number of carbonyl (C=O) groups excluding carboxylic acids is 1. The van der Waals surface area contributed by atoms with Gasteiger partial charge in [0, 0.05) is 40.0 Å². The Balaban J connectivity index is 1.78. The number of hydrogen-bond donors (Lipinski definition) is 1. The number of aromatic amines is 1. The minimum Gasteiger partial charge on any atom is -0.361 e. The summed E-state index contributed by atoms with van der Waals surface area (Å²) in [5.74, 6) is -0.0699. The first-order valence-corrected chi connectivity index (χ1v) is 9.79. The van der Waals surface area contributed by atoms with E-state index in [0.29, 0.717) is 22.6 Å². The molecule has 0 aliphatic heterocycles. The van der Waals surface area contributed by atoms with Gasteiger partial charge in [0.1, 0.15) is 0 Å². The largest absolute Gasteiger partial charge is 0.361 e. The topological polar surface area (TPSA) is 56.6 Å². The second-order valence-electron chi connectivity index (χ2n) is 7.21. The van der Waals surface area contributed by atoms with Crippen LogP contribution in [0.15, 0.2) is 72.9 Å². The Labute approximate surface area is 174 Å². The van der Waals surface area contributed by atoms with E-state index in [9.17, 15) is 4.79 Å². The number of aryl methyl sites for hydroxylation is 1. The fourth-order valence-corrected chi connectivity index (χ4v) is 3.81. The van der Waals surface area contributed by atoms with Crippen molar-refractivity contribution >= 4 is 28.3 Å². The van der Waals surface area contributed by atoms with Crippen molar-refractivity contribution < 1.29 is 4.79 Å². The van der Waals surface area contributed by atoms with Gasteiger partial charge in [0.15, 0.2) is 5.78 Å². The number of aromatic nitrogens is 1. The van der Waals surface area contributed by atoms with E-state index < -0.39 is 0 Å². The molecule has 1 aromatic heterocycles. The maximum atomic E-state index is 13.1. The molecule has 1 atom stereocenters. The van der Waals surface area contributed by atoms with Gasteiger partial charge in [-0.15, -0.1) is 0 Å². The molecule has 4 heteroatoms. The number of ketones is 1. The van der Waals surface area contributed by atoms with Crippen molar-refractivity contribution in [3.63, 3.8) is 0 Å². The van der Waals surface area contributed by atoms with Crippen molar-refractivity contribution in [2.75, 3.05) is 0 Å². The Morgan fingerprint density at radius 2 is 1.79 bits per heavy atom. The maximum Gasteiger partial charge on any atom is 0.163 e. The van der Waals surface area contributed by atoms with Gasteiger partial charge in [-0.3, -0.25) is 4.79 Å². The molecule has 0 bridgehead atoms. The molecule has 142 valence electrons. The molecule has 29 heavy (non-hydrogen) atoms. The first kappa shape index (κ1) is 19.0. The highest BCUT2D eigenvalue weighted by Gasteiger charge is 2.22. The zero-order valence-corrected chi connectivity index (χ0v) is 16.7. The molecule has 0 amide bonds. The fourth-order valence-electron chi connectivity index (χ4n) is 3.68. The van der Waals surface area contributed by atoms with Gasteiger partial charge in [0.25, 0.3) is 0 Å². The Hall–Kier alpha value is -3.35. The molecular formula is C25H19ClN2O. The Kier molecular flexibility index (Phi) is 5.20. The van der Waals surface area contributed by atoms with Crippen LogP contribution in [0.5, 0.6) is 0 Å². The molecule has 0 aliphatic carbocycles. The highest BCUT2D eigenvalue weighted by Crippen LogP contribution is 2.35. The van der Waals surface area contributed by atoms with Crippen molar-refractivity contribution in [3.05, 3.63) is 106 Å². The molecule has 0 saturated carbocycles. The van der Waals surface area contributed by atoms with Gasteiger partial charge in [-0.25, -0.2) is 0 Å². The summed E-state index contributed by atoms with van der Waals surface area (Å²) >= 11 is 5.97. The van der Waals surface area contributed by atoms with Crippen LogP contribution in [0.3, 0.4) is 0 Å². The zero-order valence-electron chi connectivity index (χ0n) is 15.9. The molecule has 1 heterocycles. The summed E-state index contributed by atoms with van der Waals surface area (Å²) in [6.45, 7) is 2.06. The number of nitrogens with one attached hydrogen (secondary N) is 1. The maximum absolute atomic E-state index is 13.1. The number of hydrogen-bond acceptors (Lipinski definition) is 2. The fraction of sp³-hybridized carbons (Fsp3) is 0.120. The molecule has 0 radical (unpaired) electrons. The lowest BCUT2D eigenvalue weighted by molar-refractivity contribution is 0.0978. The van der Waals surface area contributed by atoms with Crippen molar-refractivity contribution in [3.8, 4) is 6.07 Å². The summed E-state index contributed by atoms with van der Waals surface area (Å²) in [6, 6.07) is 22.9. The van der Waals surface area contributed by atoms with E-state index in [2.05, 4.69) is 36.2 Å². The van der Waals surface area contributed by atoms with E-state index in [1.54, 1.807) is 36.4 Å². The van der Waals surface area contributed by atoms with E-state index in [-0.39, 0.29) is 11.7 Å². The van der Waals surface area contributed by atoms with Crippen LogP contribution in [-0.4, -0.2) is 10.8 Å². The minimum atomic E-state index is -0.124. The van der Waals surface area contributed by atoms with Crippen LogP contribution in [-0.2, 0) is 0 Å². The van der Waals surface area contributed by atoms with Crippen molar-refractivity contribution in [1.82, 2.24) is 4.98 Å². The molecule has 3 aromatic carbocycles. The van der Waals surface area contributed by atoms with Gasteiger partial charge in [-0.2, -0.15) is 5.26 Å². The van der Waals surface area contributed by atoms with Gasteiger partial charge in [0.05, 0.1) is 11.6 Å². The van der Waals surface area contributed by atoms with Gasteiger partial charge in [-0.05, 0) is 66.6 Å². The van der Waals surface area contributed by atoms with E-state index in [4.69, 9.17) is 16.9 Å². The number of nitrogens with zero attached hydrogens (tertiary/aromatic N) is 1. The van der Waals surface area contributed by atoms with Gasteiger partial charge in [-0.1, -0.05) is 35.4 Å². The van der Waals surface area contributed by atoms with Crippen LogP contribution in [0.1, 0.15) is 45.0 Å². The number of carbonyl (C=O) groups is 1. The zero-order chi connectivity index (χ0) is 20.4. The van der Waals surface area contributed by atoms with Crippen LogP contribution < -0.4 is 0 Å². The van der Waals surface area contributed by atoms with Crippen molar-refractivity contribution in [2.45, 2.75) is 19.3 Å². The quantitative estimate of drug-likeness (QED) is 0.395. The van der Waals surface area contributed by atoms with E-state index in [0.717, 1.165) is 22.0 Å². The number of fused-ring (bicyclic) bond motifs is 1. The summed E-state index contributed by atoms with van der Waals surface area (Å²) in [7, 11) is 0. The highest BCUT2D eigenvalue weighted by atomic mass is 35.5. The van der Waals surface area contributed by atoms with Crippen LogP contribution in [0.25, 0.3) is 10.9 Å². The minimum absolute atomic E-state index is 0.0537. The predicted molar refractivity (Wildman–Crippen MR) is 116 cm³/mol. The molecule has 0 spiro atoms. The lowest BCUT2D eigenvalue weighted by atomic mass is 9.85. The van der Waals surface area contributed by atoms with Crippen LogP contribution in [0.2, 0.25) is 5.02 Å². The monoisotopic (exact) mass is 398 g/mol. The number of nitriles is 1. The third-order valence-corrected chi connectivity index (χ3v) is 5.49. The Morgan fingerprint density at radius 3 is 2.48 bits per heavy atom. The number of halogens is 1. The summed E-state index contributed by atoms with van der Waals surface area (Å²) in [5, 5.41) is 10.8. The molecule has 1 unspecified atom stereocenters. The summed E-state index contributed by atoms with van der Waals surface area (Å²) in [4.78, 5) is 16.4. The third kappa shape index (κ3) is 3.94. The molecule has 0 saturated heterocycles. The SMILES string of the molecule is Cc1ccc2[nH]cc(C(CC(=O)c3ccc(Cl)cc3)c3ccc(C#N)cc3)c2c1. The normalized spacial score (nSPS) is 11.9. The highest BCUT2D eigenvalue weighted by molar-refractivity contribution is 6.30. The average Bonchev–Trinajstić information content (AvgIpc) is 3.15. The second kappa shape index (κ2) is 7.95. The first-order chi connectivity index (χ1) is 14.0. The first-order valence-electron chi connectivity index (χ1n) is 9.41. The predicted octanol–water partition coefficient (Wildman–Crippen LogP) is 6.41. The molecule has 1 N–H and O–H groups in total. The van der Waals surface area contributed by atoms with Gasteiger partial charge in [0.2, 0.25) is 0 Å². The number of rotatable bonds is 5. The van der Waals surface area contributed by atoms with Crippen LogP contribution in [0.4, 0.5) is 0 Å². The second-order valence-corrected chi connectivity index (χ2v) is 7.65. The van der Waals surface area contributed by atoms with Crippen LogP contribution >= 0.6 is 11.6 Å². The molecule has 4 aromatic rings. The number of benzene rings is 3. The van der Waals surface area contributed by atoms with Gasteiger partial charge < -0.3 is 4.98 Å². The van der Waals surface area contributed by atoms with Crippen molar-refractivity contribution in [1.29, 1.82) is 5.26 Å². The Bertz CT molecular complexity index is 1210. The van der Waals surface area contributed by atoms with E-state index in [1.165, 1.54) is 5.56 Å². The smallest absolute Gasteiger partial charge is 0.163 e. The summed E-state index contributed by atoms with van der Waals surface area (Å²) < 4.78 is 0. The van der Waals surface area contributed by atoms with E-state index in [1.807, 2.05) is 18.3 Å². The lowest BCUT2D eigenvalue weighted by Crippen LogP contribution is -2.09. The summed E-state index contributed by atoms with van der Waals surface area (Å²) in [5.41, 5.74) is 5.55. The molecule has 4 rings (SSSR count). The average molecular weight is 399 g/mol.